The van der Waals surface area contributed by atoms with Gasteiger partial charge in [-0.15, -0.1) is 0 Å². The third-order valence-electron chi connectivity index (χ3n) is 2.59. The first-order chi connectivity index (χ1) is 7.65. The van der Waals surface area contributed by atoms with Crippen molar-refractivity contribution in [1.29, 1.82) is 0 Å². The summed E-state index contributed by atoms with van der Waals surface area (Å²) in [6, 6.07) is 8.08. The van der Waals surface area contributed by atoms with Gasteiger partial charge in [0.05, 0.1) is 13.5 Å². The van der Waals surface area contributed by atoms with Crippen LogP contribution < -0.4 is 0 Å². The minimum Gasteiger partial charge on any atom is -0.469 e. The van der Waals surface area contributed by atoms with Gasteiger partial charge in [-0.3, -0.25) is 4.79 Å². The van der Waals surface area contributed by atoms with Crippen LogP contribution >= 0.6 is 0 Å². The van der Waals surface area contributed by atoms with Gasteiger partial charge in [-0.2, -0.15) is 0 Å². The van der Waals surface area contributed by atoms with E-state index < -0.39 is 0 Å². The molecule has 0 saturated heterocycles. The van der Waals surface area contributed by atoms with Crippen LogP contribution in [0.2, 0.25) is 0 Å². The van der Waals surface area contributed by atoms with Crippen LogP contribution in [-0.2, 0) is 22.5 Å². The van der Waals surface area contributed by atoms with E-state index >= 15 is 0 Å². The molecule has 1 aromatic carbocycles. The molecule has 0 fully saturated rings. The van der Waals surface area contributed by atoms with Crippen molar-refractivity contribution in [1.82, 2.24) is 4.90 Å². The first-order valence-corrected chi connectivity index (χ1v) is 5.49. The van der Waals surface area contributed by atoms with Crippen molar-refractivity contribution in [2.24, 2.45) is 0 Å². The van der Waals surface area contributed by atoms with E-state index in [4.69, 9.17) is 0 Å². The van der Waals surface area contributed by atoms with E-state index in [0.717, 1.165) is 18.7 Å². The molecule has 1 rings (SSSR count). The molecule has 3 heteroatoms. The molecule has 88 valence electrons. The minimum atomic E-state index is -0.196. The Balaban J connectivity index is 2.57. The van der Waals surface area contributed by atoms with Gasteiger partial charge in [-0.25, -0.2) is 0 Å². The number of hydrogen-bond acceptors (Lipinski definition) is 3. The summed E-state index contributed by atoms with van der Waals surface area (Å²) in [5, 5.41) is 0. The molecule has 0 N–H and O–H groups in total. The van der Waals surface area contributed by atoms with Crippen LogP contribution in [0, 0.1) is 0 Å². The molecule has 0 aliphatic rings. The number of esters is 1. The predicted octanol–water partition coefficient (Wildman–Crippen LogP) is 1.85. The lowest BCUT2D eigenvalue weighted by Crippen LogP contribution is -2.16. The van der Waals surface area contributed by atoms with E-state index in [1.165, 1.54) is 12.7 Å². The third kappa shape index (κ3) is 4.03. The molecule has 1 aromatic rings. The second-order valence-electron chi connectivity index (χ2n) is 3.90. The van der Waals surface area contributed by atoms with Crippen LogP contribution in [0.25, 0.3) is 0 Å². The Morgan fingerprint density at radius 1 is 1.25 bits per heavy atom. The number of carbonyl (C=O) groups is 1. The largest absolute Gasteiger partial charge is 0.469 e. The van der Waals surface area contributed by atoms with Crippen LogP contribution in [0.3, 0.4) is 0 Å². The van der Waals surface area contributed by atoms with E-state index in [9.17, 15) is 4.79 Å². The van der Waals surface area contributed by atoms with E-state index in [2.05, 4.69) is 35.7 Å². The molecule has 0 atom stereocenters. The molecule has 0 aromatic heterocycles. The second kappa shape index (κ2) is 6.28. The molecule has 0 saturated carbocycles. The molecule has 3 nitrogen and oxygen atoms in total. The van der Waals surface area contributed by atoms with E-state index in [0.29, 0.717) is 6.42 Å². The zero-order valence-corrected chi connectivity index (χ0v) is 10.2. The summed E-state index contributed by atoms with van der Waals surface area (Å²) in [4.78, 5) is 13.3. The lowest BCUT2D eigenvalue weighted by Gasteiger charge is -2.13. The maximum atomic E-state index is 11.1. The molecule has 0 aliphatic heterocycles. The van der Waals surface area contributed by atoms with Gasteiger partial charge in [0.2, 0.25) is 0 Å². The summed E-state index contributed by atoms with van der Waals surface area (Å²) in [6.45, 7) is 4.10. The van der Waals surface area contributed by atoms with Crippen molar-refractivity contribution in [3.8, 4) is 0 Å². The number of carbonyl (C=O) groups excluding carboxylic acids is 1. The Labute approximate surface area is 97.0 Å². The summed E-state index contributed by atoms with van der Waals surface area (Å²) in [7, 11) is 3.50. The fourth-order valence-corrected chi connectivity index (χ4v) is 1.42. The Morgan fingerprint density at radius 3 is 2.31 bits per heavy atom. The van der Waals surface area contributed by atoms with E-state index in [1.54, 1.807) is 0 Å². The van der Waals surface area contributed by atoms with Gasteiger partial charge in [0.1, 0.15) is 0 Å². The fourth-order valence-electron chi connectivity index (χ4n) is 1.42. The van der Waals surface area contributed by atoms with Gasteiger partial charge in [0.25, 0.3) is 0 Å². The second-order valence-corrected chi connectivity index (χ2v) is 3.90. The van der Waals surface area contributed by atoms with Crippen LogP contribution in [0.4, 0.5) is 0 Å². The molecule has 0 spiro atoms. The molecular formula is C13H19NO2. The smallest absolute Gasteiger partial charge is 0.309 e. The summed E-state index contributed by atoms with van der Waals surface area (Å²) >= 11 is 0. The van der Waals surface area contributed by atoms with Crippen LogP contribution in [0.15, 0.2) is 24.3 Å². The highest BCUT2D eigenvalue weighted by molar-refractivity contribution is 5.72. The van der Waals surface area contributed by atoms with Crippen LogP contribution in [0.5, 0.6) is 0 Å². The first-order valence-electron chi connectivity index (χ1n) is 5.49. The Hall–Kier alpha value is -1.35. The molecule has 0 radical (unpaired) electrons. The average Bonchev–Trinajstić information content (AvgIpc) is 2.31. The van der Waals surface area contributed by atoms with Gasteiger partial charge >= 0.3 is 5.97 Å². The normalized spacial score (nSPS) is 10.5. The van der Waals surface area contributed by atoms with Crippen molar-refractivity contribution >= 4 is 5.97 Å². The zero-order chi connectivity index (χ0) is 12.0. The third-order valence-corrected chi connectivity index (χ3v) is 2.59. The SMILES string of the molecule is CCN(C)Cc1ccc(CC(=O)OC)cc1. The molecule has 0 amide bonds. The van der Waals surface area contributed by atoms with Gasteiger partial charge in [0, 0.05) is 6.54 Å². The highest BCUT2D eigenvalue weighted by Gasteiger charge is 2.03. The lowest BCUT2D eigenvalue weighted by molar-refractivity contribution is -0.139. The number of rotatable bonds is 5. The fraction of sp³-hybridized carbons (Fsp3) is 0.462. The topological polar surface area (TPSA) is 29.5 Å². The number of benzene rings is 1. The molecule has 0 aliphatic carbocycles. The zero-order valence-electron chi connectivity index (χ0n) is 10.2. The highest BCUT2D eigenvalue weighted by atomic mass is 16.5. The van der Waals surface area contributed by atoms with Gasteiger partial charge in [-0.1, -0.05) is 31.2 Å². The number of hydrogen-bond donors (Lipinski definition) is 0. The van der Waals surface area contributed by atoms with Crippen LogP contribution in [-0.4, -0.2) is 31.6 Å². The minimum absolute atomic E-state index is 0.196. The highest BCUT2D eigenvalue weighted by Crippen LogP contribution is 2.07. The lowest BCUT2D eigenvalue weighted by atomic mass is 10.1. The van der Waals surface area contributed by atoms with E-state index in [1.807, 2.05) is 12.1 Å². The average molecular weight is 221 g/mol. The van der Waals surface area contributed by atoms with Crippen molar-refractivity contribution in [2.75, 3.05) is 20.7 Å². The standard InChI is InChI=1S/C13H19NO2/c1-4-14(2)10-12-7-5-11(6-8-12)9-13(15)16-3/h5-8H,4,9-10H2,1-3H3. The van der Waals surface area contributed by atoms with Crippen molar-refractivity contribution < 1.29 is 9.53 Å². The maximum absolute atomic E-state index is 11.1. The van der Waals surface area contributed by atoms with Crippen molar-refractivity contribution in [3.05, 3.63) is 35.4 Å². The molecule has 0 bridgehead atoms. The summed E-state index contributed by atoms with van der Waals surface area (Å²) in [5.74, 6) is -0.196. The van der Waals surface area contributed by atoms with Gasteiger partial charge in [-0.05, 0) is 24.7 Å². The van der Waals surface area contributed by atoms with Crippen molar-refractivity contribution in [3.63, 3.8) is 0 Å². The first kappa shape index (κ1) is 12.7. The number of ether oxygens (including phenoxy) is 1. The maximum Gasteiger partial charge on any atom is 0.309 e. The van der Waals surface area contributed by atoms with Gasteiger partial charge < -0.3 is 9.64 Å². The molecule has 0 heterocycles. The van der Waals surface area contributed by atoms with Crippen molar-refractivity contribution in [2.45, 2.75) is 19.9 Å². The van der Waals surface area contributed by atoms with Crippen LogP contribution in [0.1, 0.15) is 18.1 Å². The molecule has 16 heavy (non-hydrogen) atoms. The Kier molecular flexibility index (Phi) is 4.99. The number of nitrogens with zero attached hydrogens (tertiary/aromatic N) is 1. The summed E-state index contributed by atoms with van der Waals surface area (Å²) in [5.41, 5.74) is 2.26. The Bertz CT molecular complexity index is 332. The Morgan fingerprint density at radius 2 is 1.81 bits per heavy atom. The summed E-state index contributed by atoms with van der Waals surface area (Å²) < 4.78 is 4.62. The molecular weight excluding hydrogens is 202 g/mol. The predicted molar refractivity (Wildman–Crippen MR) is 64.2 cm³/mol. The van der Waals surface area contributed by atoms with Gasteiger partial charge in [0.15, 0.2) is 0 Å². The monoisotopic (exact) mass is 221 g/mol. The summed E-state index contributed by atoms with van der Waals surface area (Å²) in [6.07, 6.45) is 0.348. The number of methoxy groups -OCH3 is 1. The van der Waals surface area contributed by atoms with E-state index in [-0.39, 0.29) is 5.97 Å². The quantitative estimate of drug-likeness (QED) is 0.711. The molecule has 0 unspecified atom stereocenters.